The quantitative estimate of drug-likeness (QED) is 0.573. The maximum Gasteiger partial charge on any atom is 0.387 e. The van der Waals surface area contributed by atoms with Crippen LogP contribution >= 0.6 is 0 Å². The molecule has 172 valence electrons. The Morgan fingerprint density at radius 1 is 1.12 bits per heavy atom. The van der Waals surface area contributed by atoms with Crippen molar-refractivity contribution in [3.63, 3.8) is 0 Å². The smallest absolute Gasteiger partial charge is 0.387 e. The van der Waals surface area contributed by atoms with E-state index < -0.39 is 12.7 Å². The Balaban J connectivity index is 1.83. The molecule has 0 aromatic heterocycles. The first kappa shape index (κ1) is 23.5. The van der Waals surface area contributed by atoms with Crippen LogP contribution in [-0.4, -0.2) is 48.4 Å². The molecule has 0 aliphatic carbocycles. The molecule has 1 unspecified atom stereocenters. The number of hydrogen-bond donors (Lipinski definition) is 0. The van der Waals surface area contributed by atoms with Gasteiger partial charge in [0.2, 0.25) is 11.8 Å². The van der Waals surface area contributed by atoms with Crippen LogP contribution in [0.4, 0.5) is 8.78 Å². The highest BCUT2D eigenvalue weighted by atomic mass is 19.3. The molecular weight excluding hydrogens is 418 g/mol. The first-order valence-electron chi connectivity index (χ1n) is 10.7. The highest BCUT2D eigenvalue weighted by molar-refractivity contribution is 5.89. The number of likely N-dealkylation sites (N-methyl/N-ethyl adjacent to an activating group) is 1. The zero-order valence-corrected chi connectivity index (χ0v) is 18.3. The van der Waals surface area contributed by atoms with Crippen LogP contribution in [-0.2, 0) is 16.1 Å². The molecule has 1 fully saturated rings. The van der Waals surface area contributed by atoms with Crippen molar-refractivity contribution in [3.8, 4) is 11.5 Å². The van der Waals surface area contributed by atoms with Gasteiger partial charge in [-0.15, -0.1) is 0 Å². The molecular formula is C24H28F2N2O4. The lowest BCUT2D eigenvalue weighted by Crippen LogP contribution is -2.46. The summed E-state index contributed by atoms with van der Waals surface area (Å²) < 4.78 is 35.2. The van der Waals surface area contributed by atoms with E-state index in [2.05, 4.69) is 4.74 Å². The number of hydrogen-bond acceptors (Lipinski definition) is 4. The Morgan fingerprint density at radius 2 is 1.88 bits per heavy atom. The second-order valence-corrected chi connectivity index (χ2v) is 7.64. The van der Waals surface area contributed by atoms with E-state index in [1.54, 1.807) is 31.0 Å². The molecule has 32 heavy (non-hydrogen) atoms. The molecule has 1 heterocycles. The number of carbonyl (C=O) groups excluding carboxylic acids is 2. The monoisotopic (exact) mass is 446 g/mol. The van der Waals surface area contributed by atoms with E-state index in [1.807, 2.05) is 30.3 Å². The van der Waals surface area contributed by atoms with Crippen LogP contribution in [0.25, 0.3) is 0 Å². The van der Waals surface area contributed by atoms with Crippen LogP contribution in [0, 0.1) is 0 Å². The largest absolute Gasteiger partial charge is 0.490 e. The zero-order valence-electron chi connectivity index (χ0n) is 18.3. The topological polar surface area (TPSA) is 59.1 Å². The van der Waals surface area contributed by atoms with Gasteiger partial charge < -0.3 is 19.3 Å². The molecule has 8 heteroatoms. The summed E-state index contributed by atoms with van der Waals surface area (Å²) >= 11 is 0. The molecule has 1 aliphatic rings. The summed E-state index contributed by atoms with van der Waals surface area (Å²) in [5.41, 5.74) is 1.46. The van der Waals surface area contributed by atoms with Crippen molar-refractivity contribution in [2.75, 3.05) is 20.2 Å². The molecule has 0 N–H and O–H groups in total. The van der Waals surface area contributed by atoms with Gasteiger partial charge in [-0.2, -0.15) is 8.78 Å². The second-order valence-electron chi connectivity index (χ2n) is 7.64. The Labute approximate surface area is 186 Å². The molecule has 1 saturated heterocycles. The van der Waals surface area contributed by atoms with Gasteiger partial charge in [-0.1, -0.05) is 36.4 Å². The van der Waals surface area contributed by atoms with E-state index in [1.165, 1.54) is 11.0 Å². The number of halogens is 2. The van der Waals surface area contributed by atoms with Crippen LogP contribution in [0.1, 0.15) is 43.4 Å². The standard InChI is InChI=1S/C24H28F2N2O4/c1-3-31-20-15-17(12-13-19(20)32-24(25)26)16-27(2)23(30)22(18-9-5-4-6-10-18)28-14-8-7-11-21(28)29/h4-6,9-10,12-13,15,22,24H,3,7-8,11,14,16H2,1-2H3. The fourth-order valence-corrected chi connectivity index (χ4v) is 3.86. The van der Waals surface area contributed by atoms with E-state index in [4.69, 9.17) is 4.74 Å². The van der Waals surface area contributed by atoms with E-state index in [0.29, 0.717) is 18.5 Å². The van der Waals surface area contributed by atoms with Crippen LogP contribution in [0.5, 0.6) is 11.5 Å². The number of nitrogens with zero attached hydrogens (tertiary/aromatic N) is 2. The Morgan fingerprint density at radius 3 is 2.53 bits per heavy atom. The van der Waals surface area contributed by atoms with E-state index >= 15 is 0 Å². The number of alkyl halides is 2. The maximum absolute atomic E-state index is 13.5. The lowest BCUT2D eigenvalue weighted by atomic mass is 10.00. The molecule has 0 saturated carbocycles. The zero-order chi connectivity index (χ0) is 23.1. The Bertz CT molecular complexity index is 923. The second kappa shape index (κ2) is 10.9. The summed E-state index contributed by atoms with van der Waals surface area (Å²) in [4.78, 5) is 29.3. The number of piperidine rings is 1. The minimum atomic E-state index is -2.96. The van der Waals surface area contributed by atoms with Crippen molar-refractivity contribution in [3.05, 3.63) is 59.7 Å². The predicted octanol–water partition coefficient (Wildman–Crippen LogP) is 4.40. The van der Waals surface area contributed by atoms with Crippen LogP contribution < -0.4 is 9.47 Å². The predicted molar refractivity (Wildman–Crippen MR) is 115 cm³/mol. The maximum atomic E-state index is 13.5. The van der Waals surface area contributed by atoms with Crippen LogP contribution in [0.2, 0.25) is 0 Å². The van der Waals surface area contributed by atoms with Crippen molar-refractivity contribution >= 4 is 11.8 Å². The molecule has 1 aliphatic heterocycles. The first-order valence-corrected chi connectivity index (χ1v) is 10.7. The number of likely N-dealkylation sites (tertiary alicyclic amines) is 1. The van der Waals surface area contributed by atoms with E-state index in [0.717, 1.165) is 18.4 Å². The number of amides is 2. The van der Waals surface area contributed by atoms with Gasteiger partial charge in [0.15, 0.2) is 11.5 Å². The Hall–Kier alpha value is -3.16. The number of benzene rings is 2. The molecule has 2 amide bonds. The molecule has 1 atom stereocenters. The third kappa shape index (κ3) is 5.75. The van der Waals surface area contributed by atoms with Crippen molar-refractivity contribution in [2.24, 2.45) is 0 Å². The summed E-state index contributed by atoms with van der Waals surface area (Å²) in [5, 5.41) is 0. The lowest BCUT2D eigenvalue weighted by Gasteiger charge is -2.36. The van der Waals surface area contributed by atoms with Gasteiger partial charge in [0.1, 0.15) is 6.04 Å². The molecule has 6 nitrogen and oxygen atoms in total. The van der Waals surface area contributed by atoms with Crippen LogP contribution in [0.3, 0.4) is 0 Å². The number of rotatable bonds is 9. The number of ether oxygens (including phenoxy) is 2. The van der Waals surface area contributed by atoms with E-state index in [-0.39, 0.29) is 36.5 Å². The van der Waals surface area contributed by atoms with Gasteiger partial charge in [0.25, 0.3) is 0 Å². The third-order valence-corrected chi connectivity index (χ3v) is 5.34. The fraction of sp³-hybridized carbons (Fsp3) is 0.417. The van der Waals surface area contributed by atoms with Gasteiger partial charge in [-0.3, -0.25) is 9.59 Å². The summed E-state index contributed by atoms with van der Waals surface area (Å²) in [5.74, 6) is -0.103. The molecule has 3 rings (SSSR count). The summed E-state index contributed by atoms with van der Waals surface area (Å²) in [7, 11) is 1.66. The van der Waals surface area contributed by atoms with Crippen molar-refractivity contribution in [1.82, 2.24) is 9.80 Å². The molecule has 2 aromatic rings. The Kier molecular flexibility index (Phi) is 8.03. The van der Waals surface area contributed by atoms with Crippen LogP contribution in [0.15, 0.2) is 48.5 Å². The number of carbonyl (C=O) groups is 2. The summed E-state index contributed by atoms with van der Waals surface area (Å²) in [6.45, 7) is -0.178. The first-order chi connectivity index (χ1) is 15.4. The van der Waals surface area contributed by atoms with Gasteiger partial charge in [0, 0.05) is 26.6 Å². The van der Waals surface area contributed by atoms with Crippen molar-refractivity contribution < 1.29 is 27.8 Å². The SMILES string of the molecule is CCOc1cc(CN(C)C(=O)C(c2ccccc2)N2CCCCC2=O)ccc1OC(F)F. The van der Waals surface area contributed by atoms with Gasteiger partial charge in [-0.05, 0) is 43.0 Å². The third-order valence-electron chi connectivity index (χ3n) is 5.34. The molecule has 2 aromatic carbocycles. The molecule has 0 spiro atoms. The normalized spacial score (nSPS) is 14.9. The highest BCUT2D eigenvalue weighted by Crippen LogP contribution is 2.31. The summed E-state index contributed by atoms with van der Waals surface area (Å²) in [6, 6.07) is 13.2. The minimum absolute atomic E-state index is 0.0287. The molecule has 0 radical (unpaired) electrons. The lowest BCUT2D eigenvalue weighted by molar-refractivity contribution is -0.147. The van der Waals surface area contributed by atoms with Gasteiger partial charge in [0.05, 0.1) is 6.61 Å². The average molecular weight is 446 g/mol. The molecule has 0 bridgehead atoms. The average Bonchev–Trinajstić information content (AvgIpc) is 2.77. The van der Waals surface area contributed by atoms with Crippen molar-refractivity contribution in [2.45, 2.75) is 45.4 Å². The van der Waals surface area contributed by atoms with E-state index in [9.17, 15) is 18.4 Å². The fourth-order valence-electron chi connectivity index (χ4n) is 3.86. The van der Waals surface area contributed by atoms with Gasteiger partial charge >= 0.3 is 6.61 Å². The van der Waals surface area contributed by atoms with Gasteiger partial charge in [-0.25, -0.2) is 0 Å². The summed E-state index contributed by atoms with van der Waals surface area (Å²) in [6.07, 6.45) is 2.12. The highest BCUT2D eigenvalue weighted by Gasteiger charge is 2.34. The minimum Gasteiger partial charge on any atom is -0.490 e. The van der Waals surface area contributed by atoms with Crippen molar-refractivity contribution in [1.29, 1.82) is 0 Å².